The number of amides is 1. The fourth-order valence-electron chi connectivity index (χ4n) is 2.07. The molecule has 2 N–H and O–H groups in total. The molecule has 23 heavy (non-hydrogen) atoms. The van der Waals surface area contributed by atoms with E-state index in [1.54, 1.807) is 32.4 Å². The number of hydrogen-bond acceptors (Lipinski definition) is 6. The first-order chi connectivity index (χ1) is 10.7. The van der Waals surface area contributed by atoms with Crippen LogP contribution in [0.25, 0.3) is 0 Å². The van der Waals surface area contributed by atoms with Gasteiger partial charge in [0.05, 0.1) is 26.9 Å². The zero-order valence-corrected chi connectivity index (χ0v) is 14.1. The average molecular weight is 347 g/mol. The lowest BCUT2D eigenvalue weighted by atomic mass is 10.2. The summed E-state index contributed by atoms with van der Waals surface area (Å²) >= 11 is 0. The molecule has 0 radical (unpaired) electrons. The number of morpholine rings is 1. The number of halogens is 1. The molecule has 7 nitrogen and oxygen atoms in total. The molecular weight excluding hydrogens is 324 g/mol. The summed E-state index contributed by atoms with van der Waals surface area (Å²) in [4.78, 5) is 12.1. The maximum atomic E-state index is 12.1. The highest BCUT2D eigenvalue weighted by Crippen LogP contribution is 2.30. The number of methoxy groups -OCH3 is 2. The van der Waals surface area contributed by atoms with Gasteiger partial charge in [0.25, 0.3) is 0 Å². The van der Waals surface area contributed by atoms with Gasteiger partial charge in [-0.1, -0.05) is 0 Å². The van der Waals surface area contributed by atoms with Crippen molar-refractivity contribution in [2.75, 3.05) is 52.5 Å². The molecule has 1 aromatic carbocycles. The van der Waals surface area contributed by atoms with Gasteiger partial charge in [0, 0.05) is 25.4 Å². The minimum atomic E-state index is -0.339. The monoisotopic (exact) mass is 346 g/mol. The summed E-state index contributed by atoms with van der Waals surface area (Å²) in [5.41, 5.74) is 0.644. The predicted molar refractivity (Wildman–Crippen MR) is 88.9 cm³/mol. The Labute approximate surface area is 142 Å². The zero-order chi connectivity index (χ0) is 15.8. The smallest absolute Gasteiger partial charge is 0.243 e. The maximum absolute atomic E-state index is 12.1. The zero-order valence-electron chi connectivity index (χ0n) is 13.3. The van der Waals surface area contributed by atoms with Gasteiger partial charge in [0.2, 0.25) is 5.91 Å². The molecule has 1 aliphatic rings. The summed E-state index contributed by atoms with van der Waals surface area (Å²) in [5, 5.41) is 5.95. The fraction of sp³-hybridized carbons (Fsp3) is 0.533. The number of anilines is 1. The van der Waals surface area contributed by atoms with Crippen molar-refractivity contribution in [2.45, 2.75) is 6.04 Å². The second-order valence-corrected chi connectivity index (χ2v) is 4.78. The van der Waals surface area contributed by atoms with Gasteiger partial charge in [-0.05, 0) is 12.1 Å². The molecule has 0 saturated carbocycles. The van der Waals surface area contributed by atoms with Crippen LogP contribution in [0.1, 0.15) is 0 Å². The Morgan fingerprint density at radius 2 is 2.17 bits per heavy atom. The molecule has 1 unspecified atom stereocenters. The van der Waals surface area contributed by atoms with Crippen LogP contribution in [0.2, 0.25) is 0 Å². The second-order valence-electron chi connectivity index (χ2n) is 4.78. The van der Waals surface area contributed by atoms with Gasteiger partial charge in [0.15, 0.2) is 11.5 Å². The van der Waals surface area contributed by atoms with Crippen LogP contribution in [0.4, 0.5) is 5.69 Å². The van der Waals surface area contributed by atoms with E-state index in [1.165, 1.54) is 0 Å². The van der Waals surface area contributed by atoms with Crippen molar-refractivity contribution < 1.29 is 23.7 Å². The van der Waals surface area contributed by atoms with Crippen molar-refractivity contribution in [3.05, 3.63) is 18.2 Å². The SMILES string of the molecule is COCCOc1cc(NC(=O)C2COCCN2)ccc1OC.Cl. The van der Waals surface area contributed by atoms with E-state index in [4.69, 9.17) is 18.9 Å². The molecule has 0 spiro atoms. The summed E-state index contributed by atoms with van der Waals surface area (Å²) < 4.78 is 21.1. The topological polar surface area (TPSA) is 78.1 Å². The highest BCUT2D eigenvalue weighted by Gasteiger charge is 2.21. The van der Waals surface area contributed by atoms with Gasteiger partial charge in [-0.2, -0.15) is 0 Å². The van der Waals surface area contributed by atoms with Gasteiger partial charge in [-0.3, -0.25) is 4.79 Å². The largest absolute Gasteiger partial charge is 0.493 e. The molecule has 0 bridgehead atoms. The summed E-state index contributed by atoms with van der Waals surface area (Å²) in [6.07, 6.45) is 0. The third-order valence-electron chi connectivity index (χ3n) is 3.21. The summed E-state index contributed by atoms with van der Waals surface area (Å²) in [6.45, 7) is 2.56. The summed E-state index contributed by atoms with van der Waals surface area (Å²) in [6, 6.07) is 4.91. The van der Waals surface area contributed by atoms with Crippen LogP contribution in [-0.2, 0) is 14.3 Å². The molecule has 1 saturated heterocycles. The number of carbonyl (C=O) groups is 1. The van der Waals surface area contributed by atoms with Crippen LogP contribution in [0.5, 0.6) is 11.5 Å². The molecule has 0 aromatic heterocycles. The van der Waals surface area contributed by atoms with Crippen LogP contribution in [-0.4, -0.2) is 59.1 Å². The summed E-state index contributed by atoms with van der Waals surface area (Å²) in [7, 11) is 3.18. The third kappa shape index (κ3) is 5.87. The third-order valence-corrected chi connectivity index (χ3v) is 3.21. The van der Waals surface area contributed by atoms with Crippen LogP contribution >= 0.6 is 12.4 Å². The first kappa shape index (κ1) is 19.5. The van der Waals surface area contributed by atoms with Crippen molar-refractivity contribution in [3.63, 3.8) is 0 Å². The van der Waals surface area contributed by atoms with E-state index in [0.717, 1.165) is 0 Å². The van der Waals surface area contributed by atoms with Gasteiger partial charge < -0.3 is 29.6 Å². The second kappa shape index (κ2) is 10.3. The lowest BCUT2D eigenvalue weighted by molar-refractivity contribution is -0.120. The highest BCUT2D eigenvalue weighted by atomic mass is 35.5. The van der Waals surface area contributed by atoms with Gasteiger partial charge in [-0.15, -0.1) is 12.4 Å². The highest BCUT2D eigenvalue weighted by molar-refractivity contribution is 5.95. The Balaban J connectivity index is 0.00000264. The lowest BCUT2D eigenvalue weighted by Gasteiger charge is -2.23. The molecule has 0 aliphatic carbocycles. The number of carbonyl (C=O) groups excluding carboxylic acids is 1. The number of rotatable bonds is 7. The number of hydrogen-bond donors (Lipinski definition) is 2. The molecule has 1 heterocycles. The average Bonchev–Trinajstić information content (AvgIpc) is 2.56. The molecule has 1 aromatic rings. The molecule has 1 atom stereocenters. The normalized spacial score (nSPS) is 17.0. The maximum Gasteiger partial charge on any atom is 0.243 e. The van der Waals surface area contributed by atoms with E-state index in [9.17, 15) is 4.79 Å². The number of benzene rings is 1. The van der Waals surface area contributed by atoms with E-state index < -0.39 is 0 Å². The van der Waals surface area contributed by atoms with Gasteiger partial charge >= 0.3 is 0 Å². The molecular formula is C15H23ClN2O5. The first-order valence-corrected chi connectivity index (χ1v) is 7.16. The fourth-order valence-corrected chi connectivity index (χ4v) is 2.07. The Kier molecular flexibility index (Phi) is 8.71. The Bertz CT molecular complexity index is 495. The molecule has 1 amide bonds. The summed E-state index contributed by atoms with van der Waals surface area (Å²) in [5.74, 6) is 1.03. The van der Waals surface area contributed by atoms with E-state index >= 15 is 0 Å². The molecule has 1 aliphatic heterocycles. The van der Waals surface area contributed by atoms with E-state index in [2.05, 4.69) is 10.6 Å². The minimum absolute atomic E-state index is 0. The van der Waals surface area contributed by atoms with Crippen molar-refractivity contribution >= 4 is 24.0 Å². The van der Waals surface area contributed by atoms with E-state index in [1.807, 2.05) is 0 Å². The molecule has 1 fully saturated rings. The van der Waals surface area contributed by atoms with Crippen molar-refractivity contribution in [3.8, 4) is 11.5 Å². The van der Waals surface area contributed by atoms with Crippen molar-refractivity contribution in [1.82, 2.24) is 5.32 Å². The van der Waals surface area contributed by atoms with Crippen LogP contribution in [0, 0.1) is 0 Å². The Morgan fingerprint density at radius 1 is 1.35 bits per heavy atom. The van der Waals surface area contributed by atoms with E-state index in [-0.39, 0.29) is 24.4 Å². The number of nitrogens with one attached hydrogen (secondary N) is 2. The first-order valence-electron chi connectivity index (χ1n) is 7.16. The molecule has 8 heteroatoms. The van der Waals surface area contributed by atoms with Crippen LogP contribution < -0.4 is 20.1 Å². The standard InChI is InChI=1S/C15H22N2O5.ClH/c1-19-7-8-22-14-9-11(3-4-13(14)20-2)17-15(18)12-10-21-6-5-16-12;/h3-4,9,12,16H,5-8,10H2,1-2H3,(H,17,18);1H. The van der Waals surface area contributed by atoms with E-state index in [0.29, 0.717) is 50.2 Å². The lowest BCUT2D eigenvalue weighted by Crippen LogP contribution is -2.48. The Hall–Kier alpha value is -1.54. The van der Waals surface area contributed by atoms with Crippen molar-refractivity contribution in [1.29, 1.82) is 0 Å². The minimum Gasteiger partial charge on any atom is -0.493 e. The predicted octanol–water partition coefficient (Wildman–Crippen LogP) is 1.07. The van der Waals surface area contributed by atoms with Crippen molar-refractivity contribution in [2.24, 2.45) is 0 Å². The Morgan fingerprint density at radius 3 is 2.83 bits per heavy atom. The quantitative estimate of drug-likeness (QED) is 0.719. The van der Waals surface area contributed by atoms with Gasteiger partial charge in [-0.25, -0.2) is 0 Å². The molecule has 130 valence electrons. The molecule has 2 rings (SSSR count). The van der Waals surface area contributed by atoms with Crippen LogP contribution in [0.3, 0.4) is 0 Å². The van der Waals surface area contributed by atoms with Crippen LogP contribution in [0.15, 0.2) is 18.2 Å². The number of ether oxygens (including phenoxy) is 4. The van der Waals surface area contributed by atoms with Gasteiger partial charge in [0.1, 0.15) is 12.6 Å².